The Hall–Kier alpha value is -0.820. The van der Waals surface area contributed by atoms with E-state index in [1.165, 1.54) is 43.2 Å². The summed E-state index contributed by atoms with van der Waals surface area (Å²) < 4.78 is 0. The minimum Gasteiger partial charge on any atom is -0.313 e. The summed E-state index contributed by atoms with van der Waals surface area (Å²) in [6, 6.07) is 9.41. The van der Waals surface area contributed by atoms with Gasteiger partial charge < -0.3 is 5.32 Å². The van der Waals surface area contributed by atoms with Gasteiger partial charge in [-0.25, -0.2) is 0 Å². The Kier molecular flexibility index (Phi) is 4.67. The van der Waals surface area contributed by atoms with Gasteiger partial charge in [-0.15, -0.1) is 0 Å². The fourth-order valence-corrected chi connectivity index (χ4v) is 4.21. The van der Waals surface area contributed by atoms with Crippen LogP contribution in [0.15, 0.2) is 24.3 Å². The van der Waals surface area contributed by atoms with Crippen molar-refractivity contribution in [1.29, 1.82) is 0 Å². The average molecular weight is 259 g/mol. The lowest BCUT2D eigenvalue weighted by Crippen LogP contribution is -2.36. The number of hydrogen-bond acceptors (Lipinski definition) is 1. The maximum Gasteiger partial charge on any atom is 0.0377 e. The molecule has 0 amide bonds. The summed E-state index contributed by atoms with van der Waals surface area (Å²) in [5.41, 5.74) is 3.40. The van der Waals surface area contributed by atoms with Gasteiger partial charge in [-0.05, 0) is 55.7 Å². The Morgan fingerprint density at radius 2 is 1.79 bits per heavy atom. The maximum absolute atomic E-state index is 3.65. The van der Waals surface area contributed by atoms with Crippen LogP contribution < -0.4 is 5.32 Å². The molecule has 0 bridgehead atoms. The number of nitrogens with one attached hydrogen (secondary N) is 1. The maximum atomic E-state index is 3.65. The molecule has 0 heterocycles. The number of benzene rings is 1. The minimum absolute atomic E-state index is 0.467. The summed E-state index contributed by atoms with van der Waals surface area (Å²) in [7, 11) is 2.14. The zero-order valence-corrected chi connectivity index (χ0v) is 13.0. The lowest BCUT2D eigenvalue weighted by atomic mass is 9.70. The molecule has 0 radical (unpaired) electrons. The van der Waals surface area contributed by atoms with Gasteiger partial charge in [-0.2, -0.15) is 0 Å². The summed E-state index contributed by atoms with van der Waals surface area (Å²) >= 11 is 0. The van der Waals surface area contributed by atoms with Crippen LogP contribution >= 0.6 is 0 Å². The second-order valence-corrected chi connectivity index (χ2v) is 6.75. The van der Waals surface area contributed by atoms with E-state index in [4.69, 9.17) is 0 Å². The van der Waals surface area contributed by atoms with Crippen LogP contribution in [-0.2, 0) is 0 Å². The Morgan fingerprint density at radius 3 is 2.32 bits per heavy atom. The summed E-state index contributed by atoms with van der Waals surface area (Å²) in [6.07, 6.45) is 6.90. The predicted molar refractivity (Wildman–Crippen MR) is 83.3 cm³/mol. The minimum atomic E-state index is 0.467. The van der Waals surface area contributed by atoms with E-state index in [-0.39, 0.29) is 0 Å². The molecule has 0 spiro atoms. The van der Waals surface area contributed by atoms with Crippen molar-refractivity contribution in [2.24, 2.45) is 11.3 Å². The number of aryl methyl sites for hydroxylation is 1. The van der Waals surface area contributed by atoms with Crippen molar-refractivity contribution in [1.82, 2.24) is 5.32 Å². The Labute approximate surface area is 118 Å². The van der Waals surface area contributed by atoms with Crippen LogP contribution in [0, 0.1) is 18.3 Å². The van der Waals surface area contributed by atoms with Gasteiger partial charge in [0.15, 0.2) is 0 Å². The van der Waals surface area contributed by atoms with Gasteiger partial charge in [0.2, 0.25) is 0 Å². The van der Waals surface area contributed by atoms with Crippen LogP contribution in [0.25, 0.3) is 0 Å². The predicted octanol–water partition coefficient (Wildman–Crippen LogP) is 4.86. The van der Waals surface area contributed by atoms with Gasteiger partial charge in [0.25, 0.3) is 0 Å². The van der Waals surface area contributed by atoms with E-state index in [9.17, 15) is 0 Å². The van der Waals surface area contributed by atoms with E-state index < -0.39 is 0 Å². The van der Waals surface area contributed by atoms with Crippen molar-refractivity contribution in [3.63, 3.8) is 0 Å². The van der Waals surface area contributed by atoms with Gasteiger partial charge in [0.1, 0.15) is 0 Å². The first-order valence-electron chi connectivity index (χ1n) is 7.82. The molecule has 1 fully saturated rings. The van der Waals surface area contributed by atoms with Crippen molar-refractivity contribution in [2.45, 2.75) is 58.9 Å². The van der Waals surface area contributed by atoms with Crippen molar-refractivity contribution >= 4 is 0 Å². The molecule has 1 aliphatic rings. The highest BCUT2D eigenvalue weighted by molar-refractivity contribution is 5.30. The molecular weight excluding hydrogens is 230 g/mol. The van der Waals surface area contributed by atoms with Crippen LogP contribution in [0.2, 0.25) is 0 Å². The highest BCUT2D eigenvalue weighted by atomic mass is 14.9. The van der Waals surface area contributed by atoms with E-state index in [0.29, 0.717) is 11.5 Å². The first-order chi connectivity index (χ1) is 9.09. The molecule has 1 N–H and O–H groups in total. The smallest absolute Gasteiger partial charge is 0.0377 e. The van der Waals surface area contributed by atoms with Crippen LogP contribution in [0.4, 0.5) is 0 Å². The Bertz CT molecular complexity index is 402. The van der Waals surface area contributed by atoms with Crippen molar-refractivity contribution in [3.05, 3.63) is 35.4 Å². The highest BCUT2D eigenvalue weighted by Gasteiger charge is 2.41. The van der Waals surface area contributed by atoms with E-state index >= 15 is 0 Å². The fraction of sp³-hybridized carbons (Fsp3) is 0.667. The molecule has 1 atom stereocenters. The molecule has 1 aromatic rings. The monoisotopic (exact) mass is 259 g/mol. The van der Waals surface area contributed by atoms with Crippen molar-refractivity contribution in [2.75, 3.05) is 7.05 Å². The third-order valence-corrected chi connectivity index (χ3v) is 4.81. The zero-order chi connectivity index (χ0) is 13.9. The van der Waals surface area contributed by atoms with E-state index in [2.05, 4.69) is 57.4 Å². The molecule has 19 heavy (non-hydrogen) atoms. The SMILES string of the molecule is CNC(c1ccccc1C)C1(CC(C)C)CCCC1. The molecule has 106 valence electrons. The largest absolute Gasteiger partial charge is 0.313 e. The summed E-state index contributed by atoms with van der Waals surface area (Å²) in [5.74, 6) is 0.776. The quantitative estimate of drug-likeness (QED) is 0.796. The first kappa shape index (κ1) is 14.6. The summed E-state index contributed by atoms with van der Waals surface area (Å²) in [4.78, 5) is 0. The van der Waals surface area contributed by atoms with Crippen molar-refractivity contribution < 1.29 is 0 Å². The average Bonchev–Trinajstić information content (AvgIpc) is 2.81. The van der Waals surface area contributed by atoms with E-state index in [0.717, 1.165) is 5.92 Å². The molecule has 2 rings (SSSR count). The molecule has 1 unspecified atom stereocenters. The molecule has 0 aliphatic heterocycles. The molecule has 0 saturated heterocycles. The second-order valence-electron chi connectivity index (χ2n) is 6.75. The van der Waals surface area contributed by atoms with Gasteiger partial charge in [-0.3, -0.25) is 0 Å². The van der Waals surface area contributed by atoms with E-state index in [1.54, 1.807) is 0 Å². The van der Waals surface area contributed by atoms with Crippen molar-refractivity contribution in [3.8, 4) is 0 Å². The van der Waals surface area contributed by atoms with Crippen LogP contribution in [0.3, 0.4) is 0 Å². The molecule has 1 saturated carbocycles. The van der Waals surface area contributed by atoms with Crippen LogP contribution in [0.5, 0.6) is 0 Å². The molecular formula is C18H29N. The third kappa shape index (κ3) is 3.02. The lowest BCUT2D eigenvalue weighted by molar-refractivity contribution is 0.161. The first-order valence-corrected chi connectivity index (χ1v) is 7.82. The van der Waals surface area contributed by atoms with E-state index in [1.807, 2.05) is 0 Å². The Morgan fingerprint density at radius 1 is 1.16 bits per heavy atom. The standard InChI is InChI=1S/C18H29N/c1-14(2)13-18(11-7-8-12-18)17(19-4)16-10-6-5-9-15(16)3/h5-6,9-10,14,17,19H,7-8,11-13H2,1-4H3. The topological polar surface area (TPSA) is 12.0 Å². The second kappa shape index (κ2) is 6.09. The molecule has 1 nitrogen and oxygen atoms in total. The van der Waals surface area contributed by atoms with Gasteiger partial charge in [0.05, 0.1) is 0 Å². The molecule has 1 aliphatic carbocycles. The molecule has 1 heteroatoms. The number of hydrogen-bond donors (Lipinski definition) is 1. The Balaban J connectivity index is 2.35. The third-order valence-electron chi connectivity index (χ3n) is 4.81. The van der Waals surface area contributed by atoms with Gasteiger partial charge >= 0.3 is 0 Å². The zero-order valence-electron chi connectivity index (χ0n) is 13.0. The van der Waals surface area contributed by atoms with Gasteiger partial charge in [0, 0.05) is 6.04 Å². The van der Waals surface area contributed by atoms with Crippen LogP contribution in [-0.4, -0.2) is 7.05 Å². The number of rotatable bonds is 5. The molecule has 0 aromatic heterocycles. The van der Waals surface area contributed by atoms with Crippen LogP contribution in [0.1, 0.15) is 63.1 Å². The highest BCUT2D eigenvalue weighted by Crippen LogP contribution is 2.51. The fourth-order valence-electron chi connectivity index (χ4n) is 4.21. The normalized spacial score (nSPS) is 19.8. The lowest BCUT2D eigenvalue weighted by Gasteiger charge is -2.40. The summed E-state index contributed by atoms with van der Waals surface area (Å²) in [5, 5.41) is 3.65. The van der Waals surface area contributed by atoms with Gasteiger partial charge in [-0.1, -0.05) is 51.0 Å². The molecule has 1 aromatic carbocycles. The summed E-state index contributed by atoms with van der Waals surface area (Å²) in [6.45, 7) is 6.98.